The molecule has 1 N–H and O–H groups in total. The molecule has 0 heterocycles. The fourth-order valence-corrected chi connectivity index (χ4v) is 2.72. The summed E-state index contributed by atoms with van der Waals surface area (Å²) < 4.78 is 0. The van der Waals surface area contributed by atoms with Gasteiger partial charge in [-0.3, -0.25) is 14.9 Å². The predicted molar refractivity (Wildman–Crippen MR) is 108 cm³/mol. The van der Waals surface area contributed by atoms with Gasteiger partial charge in [0.2, 0.25) is 0 Å². The zero-order valence-corrected chi connectivity index (χ0v) is 15.9. The van der Waals surface area contributed by atoms with E-state index in [9.17, 15) is 14.9 Å². The van der Waals surface area contributed by atoms with Crippen molar-refractivity contribution in [2.45, 2.75) is 0 Å². The van der Waals surface area contributed by atoms with Crippen molar-refractivity contribution in [3.05, 3.63) is 69.8 Å². The number of hydrazone groups is 1. The largest absolute Gasteiger partial charge is 0.369 e. The average molecular weight is 409 g/mol. The lowest BCUT2D eigenvalue weighted by molar-refractivity contribution is -0.384. The summed E-state index contributed by atoms with van der Waals surface area (Å²) in [6.07, 6.45) is 1.51. The van der Waals surface area contributed by atoms with Gasteiger partial charge in [-0.15, -0.1) is 23.2 Å². The Balaban J connectivity index is 1.95. The molecule has 0 saturated heterocycles. The Hall–Kier alpha value is -2.64. The van der Waals surface area contributed by atoms with Crippen molar-refractivity contribution in [3.8, 4) is 0 Å². The van der Waals surface area contributed by atoms with Gasteiger partial charge in [-0.1, -0.05) is 12.1 Å². The van der Waals surface area contributed by atoms with Crippen molar-refractivity contribution >= 4 is 46.7 Å². The number of non-ortho nitro benzene ring substituents is 1. The minimum Gasteiger partial charge on any atom is -0.369 e. The number of nitrogens with one attached hydrogen (secondary N) is 1. The molecule has 0 fully saturated rings. The maximum absolute atomic E-state index is 12.0. The number of nitro groups is 1. The van der Waals surface area contributed by atoms with Crippen molar-refractivity contribution in [3.63, 3.8) is 0 Å². The normalized spacial score (nSPS) is 10.7. The van der Waals surface area contributed by atoms with Crippen LogP contribution in [0.3, 0.4) is 0 Å². The molecule has 0 aliphatic heterocycles. The Morgan fingerprint density at radius 1 is 1.07 bits per heavy atom. The quantitative estimate of drug-likeness (QED) is 0.297. The molecule has 9 heteroatoms. The molecular weight excluding hydrogens is 391 g/mol. The third kappa shape index (κ3) is 6.23. The van der Waals surface area contributed by atoms with Gasteiger partial charge in [0.15, 0.2) is 0 Å². The molecule has 7 nitrogen and oxygen atoms in total. The van der Waals surface area contributed by atoms with E-state index < -0.39 is 10.8 Å². The average Bonchev–Trinajstić information content (AvgIpc) is 2.68. The van der Waals surface area contributed by atoms with Crippen LogP contribution >= 0.6 is 23.2 Å². The summed E-state index contributed by atoms with van der Waals surface area (Å²) >= 11 is 11.6. The molecule has 0 aliphatic carbocycles. The first-order chi connectivity index (χ1) is 13.0. The number of hydrogen-bond donors (Lipinski definition) is 1. The molecule has 2 aromatic rings. The lowest BCUT2D eigenvalue weighted by Crippen LogP contribution is -2.27. The SMILES string of the molecule is O=C(NN=Cc1ccc(N(CCCl)CCCl)cc1)c1ccc([N+](=O)[O-])cc1. The van der Waals surface area contributed by atoms with Crippen LogP contribution in [0.4, 0.5) is 11.4 Å². The number of rotatable bonds is 9. The number of benzene rings is 2. The molecule has 0 aromatic heterocycles. The molecule has 1 amide bonds. The van der Waals surface area contributed by atoms with E-state index in [4.69, 9.17) is 23.2 Å². The van der Waals surface area contributed by atoms with E-state index in [0.717, 1.165) is 11.3 Å². The van der Waals surface area contributed by atoms with E-state index in [-0.39, 0.29) is 11.3 Å². The van der Waals surface area contributed by atoms with Crippen molar-refractivity contribution < 1.29 is 9.72 Å². The van der Waals surface area contributed by atoms with E-state index in [1.165, 1.54) is 30.5 Å². The van der Waals surface area contributed by atoms with Crippen LogP contribution in [-0.2, 0) is 0 Å². The highest BCUT2D eigenvalue weighted by atomic mass is 35.5. The summed E-state index contributed by atoms with van der Waals surface area (Å²) in [5.41, 5.74) is 4.40. The number of nitrogens with zero attached hydrogens (tertiary/aromatic N) is 3. The van der Waals surface area contributed by atoms with E-state index in [1.54, 1.807) is 0 Å². The molecule has 0 bridgehead atoms. The highest BCUT2D eigenvalue weighted by Gasteiger charge is 2.08. The van der Waals surface area contributed by atoms with Gasteiger partial charge in [0.1, 0.15) is 0 Å². The smallest absolute Gasteiger partial charge is 0.271 e. The summed E-state index contributed by atoms with van der Waals surface area (Å²) in [6, 6.07) is 12.9. The topological polar surface area (TPSA) is 87.8 Å². The summed E-state index contributed by atoms with van der Waals surface area (Å²) in [5.74, 6) is 0.567. The fourth-order valence-electron chi connectivity index (χ4n) is 2.31. The van der Waals surface area contributed by atoms with Gasteiger partial charge in [-0.25, -0.2) is 5.43 Å². The van der Waals surface area contributed by atoms with Gasteiger partial charge in [-0.05, 0) is 29.8 Å². The van der Waals surface area contributed by atoms with Crippen LogP contribution in [0.2, 0.25) is 0 Å². The second-order valence-corrected chi connectivity index (χ2v) is 6.22. The Kier molecular flexibility index (Phi) is 8.03. The first-order valence-electron chi connectivity index (χ1n) is 8.10. The summed E-state index contributed by atoms with van der Waals surface area (Å²) in [5, 5.41) is 14.5. The number of carbonyl (C=O) groups excluding carboxylic acids is 1. The third-order valence-electron chi connectivity index (χ3n) is 3.69. The first kappa shape index (κ1) is 20.7. The van der Waals surface area contributed by atoms with Crippen LogP contribution in [0.15, 0.2) is 53.6 Å². The van der Waals surface area contributed by atoms with Crippen LogP contribution in [0.25, 0.3) is 0 Å². The standard InChI is InChI=1S/C18H18Cl2N4O3/c19-9-11-23(12-10-20)16-5-1-14(2-6-16)13-21-22-18(25)15-3-7-17(8-4-15)24(26)27/h1-8,13H,9-12H2,(H,22,25). The molecule has 0 spiro atoms. The Morgan fingerprint density at radius 3 is 2.19 bits per heavy atom. The van der Waals surface area contributed by atoms with E-state index in [0.29, 0.717) is 24.8 Å². The maximum atomic E-state index is 12.0. The third-order valence-corrected chi connectivity index (χ3v) is 4.03. The maximum Gasteiger partial charge on any atom is 0.271 e. The lowest BCUT2D eigenvalue weighted by Gasteiger charge is -2.22. The van der Waals surface area contributed by atoms with Gasteiger partial charge >= 0.3 is 0 Å². The van der Waals surface area contributed by atoms with Gasteiger partial charge in [0, 0.05) is 48.2 Å². The molecule has 27 heavy (non-hydrogen) atoms. The molecule has 142 valence electrons. The highest BCUT2D eigenvalue weighted by molar-refractivity contribution is 6.18. The minimum atomic E-state index is -0.523. The molecule has 0 unspecified atom stereocenters. The van der Waals surface area contributed by atoms with E-state index >= 15 is 0 Å². The lowest BCUT2D eigenvalue weighted by atomic mass is 10.2. The summed E-state index contributed by atoms with van der Waals surface area (Å²) in [7, 11) is 0. The second-order valence-electron chi connectivity index (χ2n) is 5.46. The fraction of sp³-hybridized carbons (Fsp3) is 0.222. The molecule has 0 aliphatic rings. The number of alkyl halides is 2. The highest BCUT2D eigenvalue weighted by Crippen LogP contribution is 2.15. The number of nitro benzene ring substituents is 1. The van der Waals surface area contributed by atoms with Gasteiger partial charge < -0.3 is 4.90 Å². The number of hydrogen-bond acceptors (Lipinski definition) is 5. The van der Waals surface area contributed by atoms with E-state index in [2.05, 4.69) is 15.4 Å². The van der Waals surface area contributed by atoms with Gasteiger partial charge in [-0.2, -0.15) is 5.10 Å². The van der Waals surface area contributed by atoms with Gasteiger partial charge in [0.05, 0.1) is 11.1 Å². The first-order valence-corrected chi connectivity index (χ1v) is 9.17. The summed E-state index contributed by atoms with van der Waals surface area (Å²) in [6.45, 7) is 1.40. The van der Waals surface area contributed by atoms with E-state index in [1.807, 2.05) is 24.3 Å². The van der Waals surface area contributed by atoms with Crippen molar-refractivity contribution in [1.82, 2.24) is 5.43 Å². The molecule has 0 radical (unpaired) electrons. The Bertz CT molecular complexity index is 789. The summed E-state index contributed by atoms with van der Waals surface area (Å²) in [4.78, 5) is 24.1. The second kappa shape index (κ2) is 10.5. The molecular formula is C18H18Cl2N4O3. The van der Waals surface area contributed by atoms with Crippen molar-refractivity contribution in [1.29, 1.82) is 0 Å². The Morgan fingerprint density at radius 2 is 1.67 bits per heavy atom. The molecule has 0 saturated carbocycles. The number of carbonyl (C=O) groups is 1. The minimum absolute atomic E-state index is 0.0764. The van der Waals surface area contributed by atoms with Crippen LogP contribution in [-0.4, -0.2) is 41.9 Å². The van der Waals surface area contributed by atoms with Crippen molar-refractivity contribution in [2.24, 2.45) is 5.10 Å². The van der Waals surface area contributed by atoms with Crippen LogP contribution < -0.4 is 10.3 Å². The van der Waals surface area contributed by atoms with Crippen LogP contribution in [0.1, 0.15) is 15.9 Å². The zero-order chi connectivity index (χ0) is 19.6. The number of halogens is 2. The molecule has 2 rings (SSSR count). The molecule has 0 atom stereocenters. The Labute approximate surface area is 166 Å². The van der Waals surface area contributed by atoms with Crippen LogP contribution in [0.5, 0.6) is 0 Å². The predicted octanol–water partition coefficient (Wildman–Crippen LogP) is 3.64. The monoisotopic (exact) mass is 408 g/mol. The van der Waals surface area contributed by atoms with Crippen molar-refractivity contribution in [2.75, 3.05) is 29.7 Å². The zero-order valence-electron chi connectivity index (χ0n) is 14.3. The van der Waals surface area contributed by atoms with Crippen LogP contribution in [0, 0.1) is 10.1 Å². The van der Waals surface area contributed by atoms with Gasteiger partial charge in [0.25, 0.3) is 11.6 Å². The molecule has 2 aromatic carbocycles. The number of amides is 1. The number of anilines is 1.